The molecule has 0 spiro atoms. The van der Waals surface area contributed by atoms with Crippen molar-refractivity contribution < 1.29 is 45.0 Å². The molecule has 1 heterocycles. The van der Waals surface area contributed by atoms with Gasteiger partial charge in [0.1, 0.15) is 11.5 Å². The Balaban J connectivity index is 0.000000523. The van der Waals surface area contributed by atoms with E-state index in [0.29, 0.717) is 52.0 Å². The minimum Gasteiger partial charge on any atom is -0.507 e. The third-order valence-corrected chi connectivity index (χ3v) is 8.56. The van der Waals surface area contributed by atoms with E-state index in [4.69, 9.17) is 0 Å². The zero-order valence-electron chi connectivity index (χ0n) is 26.7. The molecule has 1 saturated heterocycles. The van der Waals surface area contributed by atoms with Crippen molar-refractivity contribution in [3.05, 3.63) is 58.3 Å². The summed E-state index contributed by atoms with van der Waals surface area (Å²) in [4.78, 5) is 36.3. The lowest BCUT2D eigenvalue weighted by Gasteiger charge is -2.23. The molecule has 0 aliphatic carbocycles. The number of nitrogens with zero attached hydrogens (tertiary/aromatic N) is 1. The molecule has 46 heavy (non-hydrogen) atoms. The van der Waals surface area contributed by atoms with Crippen molar-refractivity contribution in [2.75, 3.05) is 6.54 Å². The Morgan fingerprint density at radius 1 is 0.696 bits per heavy atom. The van der Waals surface area contributed by atoms with Crippen molar-refractivity contribution in [1.29, 1.82) is 0 Å². The molecule has 0 radical (unpaired) electrons. The molecule has 1 aliphatic rings. The van der Waals surface area contributed by atoms with E-state index >= 15 is 0 Å². The molecule has 242 valence electrons. The van der Waals surface area contributed by atoms with E-state index in [1.54, 1.807) is 64.8 Å². The third kappa shape index (κ3) is 5.23. The van der Waals surface area contributed by atoms with Crippen LogP contribution in [0.4, 0.5) is 0 Å². The maximum absolute atomic E-state index is 12.0. The molecular formula is C36H39NO9. The van der Waals surface area contributed by atoms with E-state index in [2.05, 4.69) is 6.58 Å². The van der Waals surface area contributed by atoms with Gasteiger partial charge in [0.25, 0.3) is 0 Å². The fourth-order valence-electron chi connectivity index (χ4n) is 6.46. The SMILES string of the molecule is C=CN1CCCC1=O.Cc1cc2c(C(C)C)c(O)c(O)c(C=O)c2c(O)c1-c1c(C)cc2c(C(C)C)c(O)c(O)c(C=O)c2c1O. The summed E-state index contributed by atoms with van der Waals surface area (Å²) in [6.07, 6.45) is 3.97. The molecular weight excluding hydrogens is 590 g/mol. The van der Waals surface area contributed by atoms with Gasteiger partial charge in [-0.15, -0.1) is 0 Å². The number of hydrogen-bond acceptors (Lipinski definition) is 9. The van der Waals surface area contributed by atoms with Gasteiger partial charge in [-0.05, 0) is 60.2 Å². The molecule has 6 N–H and O–H groups in total. The van der Waals surface area contributed by atoms with Gasteiger partial charge in [0, 0.05) is 46.0 Å². The summed E-state index contributed by atoms with van der Waals surface area (Å²) in [6.45, 7) is 14.9. The molecule has 5 rings (SSSR count). The second-order valence-electron chi connectivity index (χ2n) is 12.1. The number of carbonyl (C=O) groups excluding carboxylic acids is 3. The number of amides is 1. The largest absolute Gasteiger partial charge is 0.507 e. The van der Waals surface area contributed by atoms with Crippen molar-refractivity contribution in [3.63, 3.8) is 0 Å². The Labute approximate surface area is 266 Å². The number of phenols is 6. The number of fused-ring (bicyclic) bond motifs is 2. The first kappa shape index (κ1) is 33.6. The summed E-state index contributed by atoms with van der Waals surface area (Å²) >= 11 is 0. The highest BCUT2D eigenvalue weighted by molar-refractivity contribution is 6.14. The molecule has 1 amide bonds. The summed E-state index contributed by atoms with van der Waals surface area (Å²) in [5.41, 5.74) is 1.33. The fourth-order valence-corrected chi connectivity index (χ4v) is 6.46. The molecule has 0 saturated carbocycles. The number of aldehydes is 2. The molecule has 4 aromatic carbocycles. The van der Waals surface area contributed by atoms with Crippen molar-refractivity contribution in [2.45, 2.75) is 66.2 Å². The Kier molecular flexibility index (Phi) is 9.23. The van der Waals surface area contributed by atoms with Crippen LogP contribution in [-0.4, -0.2) is 60.6 Å². The molecule has 0 atom stereocenters. The minimum atomic E-state index is -0.661. The van der Waals surface area contributed by atoms with Gasteiger partial charge in [0.05, 0.1) is 11.1 Å². The number of aryl methyl sites for hydroxylation is 2. The fraction of sp³-hybridized carbons (Fsp3) is 0.306. The highest BCUT2D eigenvalue weighted by atomic mass is 16.3. The van der Waals surface area contributed by atoms with Gasteiger partial charge in [-0.2, -0.15) is 0 Å². The first-order chi connectivity index (χ1) is 21.6. The van der Waals surface area contributed by atoms with Crippen molar-refractivity contribution in [3.8, 4) is 45.6 Å². The number of benzene rings is 4. The maximum atomic E-state index is 12.0. The minimum absolute atomic E-state index is 0.00512. The van der Waals surface area contributed by atoms with Crippen molar-refractivity contribution in [2.24, 2.45) is 0 Å². The van der Waals surface area contributed by atoms with Crippen LogP contribution < -0.4 is 0 Å². The molecule has 10 heteroatoms. The lowest BCUT2D eigenvalue weighted by molar-refractivity contribution is -0.125. The van der Waals surface area contributed by atoms with Crippen molar-refractivity contribution >= 4 is 40.0 Å². The number of likely N-dealkylation sites (tertiary alicyclic amines) is 1. The highest BCUT2D eigenvalue weighted by Crippen LogP contribution is 2.54. The molecule has 0 bridgehead atoms. The van der Waals surface area contributed by atoms with E-state index in [1.807, 2.05) is 0 Å². The average molecular weight is 630 g/mol. The summed E-state index contributed by atoms with van der Waals surface area (Å²) in [6, 6.07) is 3.31. The average Bonchev–Trinajstić information content (AvgIpc) is 3.41. The highest BCUT2D eigenvalue weighted by Gasteiger charge is 2.29. The first-order valence-corrected chi connectivity index (χ1v) is 14.9. The Morgan fingerprint density at radius 2 is 1.09 bits per heavy atom. The molecule has 0 aromatic heterocycles. The van der Waals surface area contributed by atoms with Crippen LogP contribution in [0.1, 0.15) is 95.3 Å². The number of phenolic OH excluding ortho intramolecular Hbond substituents is 6. The monoisotopic (exact) mass is 629 g/mol. The molecule has 10 nitrogen and oxygen atoms in total. The van der Waals surface area contributed by atoms with E-state index in [-0.39, 0.29) is 50.8 Å². The van der Waals surface area contributed by atoms with Gasteiger partial charge in [-0.1, -0.05) is 46.4 Å². The van der Waals surface area contributed by atoms with Gasteiger partial charge >= 0.3 is 0 Å². The van der Waals surface area contributed by atoms with Crippen molar-refractivity contribution in [1.82, 2.24) is 4.90 Å². The molecule has 4 aromatic rings. The van der Waals surface area contributed by atoms with Gasteiger partial charge in [0.15, 0.2) is 35.6 Å². The quantitative estimate of drug-likeness (QED) is 0.0956. The summed E-state index contributed by atoms with van der Waals surface area (Å²) in [5.74, 6) is -3.36. The Morgan fingerprint density at radius 3 is 1.35 bits per heavy atom. The van der Waals surface area contributed by atoms with Crippen LogP contribution in [-0.2, 0) is 4.79 Å². The summed E-state index contributed by atoms with van der Waals surface area (Å²) < 4.78 is 0. The van der Waals surface area contributed by atoms with Gasteiger partial charge in [0.2, 0.25) is 5.91 Å². The number of carbonyl (C=O) groups is 3. The van der Waals surface area contributed by atoms with Gasteiger partial charge in [-0.25, -0.2) is 0 Å². The van der Waals surface area contributed by atoms with Crippen LogP contribution in [0, 0.1) is 13.8 Å². The Bertz CT molecular complexity index is 1810. The van der Waals surface area contributed by atoms with Crippen LogP contribution in [0.2, 0.25) is 0 Å². The first-order valence-electron chi connectivity index (χ1n) is 14.9. The maximum Gasteiger partial charge on any atom is 0.226 e. The smallest absolute Gasteiger partial charge is 0.226 e. The van der Waals surface area contributed by atoms with E-state index in [9.17, 15) is 45.0 Å². The Hall–Kier alpha value is -5.25. The number of hydrogen-bond donors (Lipinski definition) is 6. The topological polar surface area (TPSA) is 176 Å². The normalized spacial score (nSPS) is 13.0. The number of rotatable bonds is 6. The zero-order chi connectivity index (χ0) is 34.4. The van der Waals surface area contributed by atoms with Crippen LogP contribution in [0.5, 0.6) is 34.5 Å². The predicted molar refractivity (Wildman–Crippen MR) is 176 cm³/mol. The van der Waals surface area contributed by atoms with Crippen LogP contribution >= 0.6 is 0 Å². The second kappa shape index (κ2) is 12.6. The summed E-state index contributed by atoms with van der Waals surface area (Å²) in [5, 5.41) is 66.4. The number of aromatic hydroxyl groups is 6. The van der Waals surface area contributed by atoms with Crippen LogP contribution in [0.25, 0.3) is 32.7 Å². The van der Waals surface area contributed by atoms with E-state index in [1.165, 1.54) is 0 Å². The predicted octanol–water partition coefficient (Wildman–Crippen LogP) is 7.13. The summed E-state index contributed by atoms with van der Waals surface area (Å²) in [7, 11) is 0. The molecule has 1 aliphatic heterocycles. The lowest BCUT2D eigenvalue weighted by atomic mass is 9.83. The third-order valence-electron chi connectivity index (χ3n) is 8.56. The lowest BCUT2D eigenvalue weighted by Crippen LogP contribution is -2.16. The van der Waals surface area contributed by atoms with E-state index < -0.39 is 34.5 Å². The van der Waals surface area contributed by atoms with E-state index in [0.717, 1.165) is 13.0 Å². The molecule has 0 unspecified atom stereocenters. The standard InChI is InChI=1S/C30H30O8.C6H9NO/c1-11(2)19-15-7-13(5)21(27(35)23(15)17(9-31)25(33)29(19)37)22-14(6)8-16-20(12(3)4)30(38)26(34)18(10-32)24(16)28(22)36;1-2-7-5-3-4-6(7)8/h7-12,33-38H,1-6H3;2H,1,3-5H2. The molecule has 1 fully saturated rings. The van der Waals surface area contributed by atoms with Crippen LogP contribution in [0.15, 0.2) is 24.9 Å². The zero-order valence-corrected chi connectivity index (χ0v) is 26.7. The van der Waals surface area contributed by atoms with Crippen LogP contribution in [0.3, 0.4) is 0 Å². The van der Waals surface area contributed by atoms with Gasteiger partial charge in [-0.3, -0.25) is 14.4 Å². The van der Waals surface area contributed by atoms with Gasteiger partial charge < -0.3 is 35.5 Å². The second-order valence-corrected chi connectivity index (χ2v) is 12.1.